The summed E-state index contributed by atoms with van der Waals surface area (Å²) in [6.45, 7) is 12.6. The molecule has 0 nitrogen and oxygen atoms in total. The van der Waals surface area contributed by atoms with Crippen LogP contribution in [0.15, 0.2) is 0 Å². The van der Waals surface area contributed by atoms with Crippen LogP contribution in [0.2, 0.25) is 0 Å². The second kappa shape index (κ2) is 4.03. The van der Waals surface area contributed by atoms with E-state index in [0.717, 1.165) is 17.8 Å². The van der Waals surface area contributed by atoms with Crippen LogP contribution in [0.1, 0.15) is 73.1 Å². The van der Waals surface area contributed by atoms with Gasteiger partial charge in [0.1, 0.15) is 0 Å². The fourth-order valence-electron chi connectivity index (χ4n) is 4.59. The summed E-state index contributed by atoms with van der Waals surface area (Å²) in [5, 5.41) is 0. The lowest BCUT2D eigenvalue weighted by molar-refractivity contribution is -0.0652. The molecule has 4 unspecified atom stereocenters. The lowest BCUT2D eigenvalue weighted by atomic mass is 9.49. The Morgan fingerprint density at radius 1 is 1.12 bits per heavy atom. The normalized spacial score (nSPS) is 49.3. The van der Waals surface area contributed by atoms with Gasteiger partial charge >= 0.3 is 0 Å². The smallest absolute Gasteiger partial charge is 0.0249 e. The van der Waals surface area contributed by atoms with E-state index in [1.807, 2.05) is 0 Å². The first-order valence-electron chi connectivity index (χ1n) is 7.41. The molecule has 2 fully saturated rings. The van der Waals surface area contributed by atoms with E-state index < -0.39 is 0 Å². The summed E-state index contributed by atoms with van der Waals surface area (Å²) in [5.41, 5.74) is 1.20. The highest BCUT2D eigenvalue weighted by atomic mass is 14.6. The van der Waals surface area contributed by atoms with E-state index in [0.29, 0.717) is 10.8 Å². The molecule has 0 saturated heterocycles. The Balaban J connectivity index is 2.21. The Morgan fingerprint density at radius 2 is 1.75 bits per heavy atom. The highest BCUT2D eigenvalue weighted by Gasteiger charge is 2.51. The third kappa shape index (κ3) is 1.93. The van der Waals surface area contributed by atoms with Crippen molar-refractivity contribution in [2.75, 3.05) is 0 Å². The van der Waals surface area contributed by atoms with Gasteiger partial charge in [0.05, 0.1) is 0 Å². The van der Waals surface area contributed by atoms with Gasteiger partial charge in [-0.2, -0.15) is 0 Å². The molecule has 0 bridgehead atoms. The largest absolute Gasteiger partial charge is 0.0648 e. The Bertz CT molecular complexity index is 249. The second-order valence-corrected chi connectivity index (χ2v) is 7.43. The van der Waals surface area contributed by atoms with Crippen LogP contribution in [0.5, 0.6) is 0 Å². The van der Waals surface area contributed by atoms with Gasteiger partial charge in [-0.05, 0) is 54.3 Å². The van der Waals surface area contributed by atoms with Crippen molar-refractivity contribution in [1.82, 2.24) is 0 Å². The summed E-state index contributed by atoms with van der Waals surface area (Å²) in [5.74, 6) is 2.93. The molecule has 0 amide bonds. The number of hydrogen-bond acceptors (Lipinski definition) is 0. The van der Waals surface area contributed by atoms with Gasteiger partial charge in [-0.25, -0.2) is 0 Å². The van der Waals surface area contributed by atoms with Crippen molar-refractivity contribution in [3.63, 3.8) is 0 Å². The monoisotopic (exact) mass is 222 g/mol. The summed E-state index contributed by atoms with van der Waals surface area (Å²) in [6, 6.07) is 0. The molecule has 2 saturated carbocycles. The molecule has 0 aromatic heterocycles. The highest BCUT2D eigenvalue weighted by Crippen LogP contribution is 2.61. The van der Waals surface area contributed by atoms with Gasteiger partial charge < -0.3 is 0 Å². The van der Waals surface area contributed by atoms with Gasteiger partial charge in [-0.15, -0.1) is 0 Å². The van der Waals surface area contributed by atoms with E-state index in [1.165, 1.54) is 38.5 Å². The molecule has 2 aliphatic rings. The van der Waals surface area contributed by atoms with Gasteiger partial charge in [0.25, 0.3) is 0 Å². The molecule has 4 atom stereocenters. The van der Waals surface area contributed by atoms with Crippen molar-refractivity contribution in [2.24, 2.45) is 28.6 Å². The van der Waals surface area contributed by atoms with Crippen LogP contribution in [-0.2, 0) is 0 Å². The molecule has 0 aromatic rings. The van der Waals surface area contributed by atoms with E-state index in [4.69, 9.17) is 0 Å². The third-order valence-corrected chi connectivity index (χ3v) is 6.19. The van der Waals surface area contributed by atoms with Gasteiger partial charge in [0.2, 0.25) is 0 Å². The molecule has 0 heterocycles. The molecular formula is C16H30. The van der Waals surface area contributed by atoms with E-state index >= 15 is 0 Å². The van der Waals surface area contributed by atoms with Crippen LogP contribution < -0.4 is 0 Å². The fourth-order valence-corrected chi connectivity index (χ4v) is 4.59. The topological polar surface area (TPSA) is 0 Å². The minimum atomic E-state index is 0.585. The van der Waals surface area contributed by atoms with E-state index in [1.54, 1.807) is 0 Å². The van der Waals surface area contributed by atoms with E-state index in [9.17, 15) is 0 Å². The first kappa shape index (κ1) is 12.5. The zero-order valence-corrected chi connectivity index (χ0v) is 12.0. The zero-order valence-electron chi connectivity index (χ0n) is 12.0. The molecule has 0 aromatic carbocycles. The Labute approximate surface area is 102 Å². The number of rotatable bonds is 3. The lowest BCUT2D eigenvalue weighted by Crippen LogP contribution is -2.47. The highest BCUT2D eigenvalue weighted by molar-refractivity contribution is 5.01. The van der Waals surface area contributed by atoms with Crippen molar-refractivity contribution < 1.29 is 0 Å². The Hall–Kier alpha value is 0. The maximum Gasteiger partial charge on any atom is -0.0249 e. The van der Waals surface area contributed by atoms with Crippen LogP contribution in [0.4, 0.5) is 0 Å². The molecule has 0 N–H and O–H groups in total. The van der Waals surface area contributed by atoms with Gasteiger partial charge in [-0.3, -0.25) is 0 Å². The van der Waals surface area contributed by atoms with E-state index in [-0.39, 0.29) is 0 Å². The molecule has 2 aliphatic carbocycles. The predicted octanol–water partition coefficient (Wildman–Crippen LogP) is 5.28. The Morgan fingerprint density at radius 3 is 2.25 bits per heavy atom. The SMILES string of the molecule is CCC1(C)C(C)CC(C)CC1(C)CC1CC1. The standard InChI is InChI=1S/C16H30/c1-6-16(5)13(3)9-12(2)10-15(16,4)11-14-7-8-14/h12-14H,6-11H2,1-5H3. The molecular weight excluding hydrogens is 192 g/mol. The molecule has 0 radical (unpaired) electrons. The van der Waals surface area contributed by atoms with E-state index in [2.05, 4.69) is 34.6 Å². The van der Waals surface area contributed by atoms with Crippen LogP contribution >= 0.6 is 0 Å². The quantitative estimate of drug-likeness (QED) is 0.610. The van der Waals surface area contributed by atoms with Crippen LogP contribution in [0.25, 0.3) is 0 Å². The molecule has 94 valence electrons. The van der Waals surface area contributed by atoms with Crippen molar-refractivity contribution in [3.05, 3.63) is 0 Å². The average molecular weight is 222 g/mol. The van der Waals surface area contributed by atoms with Crippen LogP contribution in [-0.4, -0.2) is 0 Å². The third-order valence-electron chi connectivity index (χ3n) is 6.19. The second-order valence-electron chi connectivity index (χ2n) is 7.43. The summed E-state index contributed by atoms with van der Waals surface area (Å²) in [4.78, 5) is 0. The zero-order chi connectivity index (χ0) is 12.0. The van der Waals surface area contributed by atoms with Gasteiger partial charge in [0.15, 0.2) is 0 Å². The summed E-state index contributed by atoms with van der Waals surface area (Å²) >= 11 is 0. The summed E-state index contributed by atoms with van der Waals surface area (Å²) < 4.78 is 0. The minimum absolute atomic E-state index is 0.585. The van der Waals surface area contributed by atoms with Crippen molar-refractivity contribution in [1.29, 1.82) is 0 Å². The molecule has 0 spiro atoms. The van der Waals surface area contributed by atoms with Crippen LogP contribution in [0.3, 0.4) is 0 Å². The van der Waals surface area contributed by atoms with Gasteiger partial charge in [0, 0.05) is 0 Å². The molecule has 2 rings (SSSR count). The molecule has 0 aliphatic heterocycles. The summed E-state index contributed by atoms with van der Waals surface area (Å²) in [6.07, 6.45) is 8.81. The van der Waals surface area contributed by atoms with Crippen molar-refractivity contribution in [2.45, 2.75) is 73.1 Å². The maximum atomic E-state index is 2.60. The van der Waals surface area contributed by atoms with Crippen molar-refractivity contribution in [3.8, 4) is 0 Å². The van der Waals surface area contributed by atoms with Crippen LogP contribution in [0, 0.1) is 28.6 Å². The molecule has 16 heavy (non-hydrogen) atoms. The summed E-state index contributed by atoms with van der Waals surface area (Å²) in [7, 11) is 0. The maximum absolute atomic E-state index is 2.60. The first-order valence-corrected chi connectivity index (χ1v) is 7.41. The van der Waals surface area contributed by atoms with Gasteiger partial charge in [-0.1, -0.05) is 47.5 Å². The Kier molecular flexibility index (Phi) is 3.14. The number of hydrogen-bond donors (Lipinski definition) is 0. The predicted molar refractivity (Wildman–Crippen MR) is 71.4 cm³/mol. The minimum Gasteiger partial charge on any atom is -0.0648 e. The molecule has 0 heteroatoms. The van der Waals surface area contributed by atoms with Crippen molar-refractivity contribution >= 4 is 0 Å². The average Bonchev–Trinajstić information content (AvgIpc) is 2.97. The lowest BCUT2D eigenvalue weighted by Gasteiger charge is -2.56. The fraction of sp³-hybridized carbons (Fsp3) is 1.00. The first-order chi connectivity index (χ1) is 7.41.